The largest absolute Gasteiger partial charge is 0.416 e. The van der Waals surface area contributed by atoms with E-state index in [1.54, 1.807) is 6.07 Å². The fraction of sp³-hybridized carbons (Fsp3) is 0.625. The Morgan fingerprint density at radius 3 is 2.33 bits per heavy atom. The summed E-state index contributed by atoms with van der Waals surface area (Å²) in [5, 5.41) is 13.5. The summed E-state index contributed by atoms with van der Waals surface area (Å²) in [4.78, 5) is 0. The average Bonchev–Trinajstić information content (AvgIpc) is 2.62. The summed E-state index contributed by atoms with van der Waals surface area (Å²) in [5.41, 5.74) is -0.813. The number of anilines is 1. The zero-order chi connectivity index (χ0) is 15.5. The number of alkyl halides is 3. The summed E-state index contributed by atoms with van der Waals surface area (Å²) in [5.74, 6) is 0. The molecular weight excluding hydrogens is 279 g/mol. The van der Waals surface area contributed by atoms with Gasteiger partial charge in [-0.3, -0.25) is 0 Å². The molecule has 0 aliphatic heterocycles. The van der Waals surface area contributed by atoms with Crippen LogP contribution in [0, 0.1) is 6.92 Å². The first-order chi connectivity index (χ1) is 9.80. The van der Waals surface area contributed by atoms with Crippen LogP contribution in [0.2, 0.25) is 0 Å². The average molecular weight is 301 g/mol. The summed E-state index contributed by atoms with van der Waals surface area (Å²) < 4.78 is 38.6. The van der Waals surface area contributed by atoms with Crippen LogP contribution in [-0.4, -0.2) is 17.3 Å². The quantitative estimate of drug-likeness (QED) is 0.805. The highest BCUT2D eigenvalue weighted by atomic mass is 19.4. The predicted octanol–water partition coefficient (Wildman–Crippen LogP) is 4.51. The van der Waals surface area contributed by atoms with E-state index in [2.05, 4.69) is 5.32 Å². The van der Waals surface area contributed by atoms with Crippen molar-refractivity contribution in [2.24, 2.45) is 0 Å². The number of hydrogen-bond acceptors (Lipinski definition) is 2. The van der Waals surface area contributed by atoms with Crippen molar-refractivity contribution in [2.75, 3.05) is 11.9 Å². The highest BCUT2D eigenvalue weighted by Gasteiger charge is 2.33. The summed E-state index contributed by atoms with van der Waals surface area (Å²) in [6.45, 7) is 1.75. The molecule has 1 aromatic carbocycles. The number of rotatable bonds is 3. The minimum atomic E-state index is -4.35. The molecule has 21 heavy (non-hydrogen) atoms. The Labute approximate surface area is 123 Å². The van der Waals surface area contributed by atoms with Gasteiger partial charge in [0.05, 0.1) is 11.2 Å². The van der Waals surface area contributed by atoms with Crippen LogP contribution in [0.4, 0.5) is 18.9 Å². The molecule has 118 valence electrons. The first-order valence-electron chi connectivity index (χ1n) is 7.44. The molecule has 0 heterocycles. The number of nitrogens with one attached hydrogen (secondary N) is 1. The van der Waals surface area contributed by atoms with Gasteiger partial charge in [0.25, 0.3) is 0 Å². The Morgan fingerprint density at radius 2 is 1.76 bits per heavy atom. The minimum Gasteiger partial charge on any atom is -0.388 e. The van der Waals surface area contributed by atoms with Crippen LogP contribution in [0.1, 0.15) is 49.7 Å². The van der Waals surface area contributed by atoms with Crippen molar-refractivity contribution in [2.45, 2.75) is 57.2 Å². The first-order valence-corrected chi connectivity index (χ1v) is 7.44. The maximum absolute atomic E-state index is 12.9. The van der Waals surface area contributed by atoms with Gasteiger partial charge < -0.3 is 10.4 Å². The molecule has 0 amide bonds. The van der Waals surface area contributed by atoms with E-state index >= 15 is 0 Å². The van der Waals surface area contributed by atoms with Gasteiger partial charge in [0.2, 0.25) is 0 Å². The normalized spacial score (nSPS) is 19.1. The highest BCUT2D eigenvalue weighted by Crippen LogP contribution is 2.34. The highest BCUT2D eigenvalue weighted by molar-refractivity contribution is 5.49. The van der Waals surface area contributed by atoms with E-state index in [9.17, 15) is 18.3 Å². The number of aryl methyl sites for hydroxylation is 1. The number of benzene rings is 1. The van der Waals surface area contributed by atoms with E-state index in [0.717, 1.165) is 31.7 Å². The molecule has 1 aliphatic rings. The van der Waals surface area contributed by atoms with E-state index in [0.29, 0.717) is 25.1 Å². The second kappa shape index (κ2) is 6.26. The van der Waals surface area contributed by atoms with Crippen LogP contribution in [0.5, 0.6) is 0 Å². The Balaban J connectivity index is 2.06. The number of hydrogen-bond donors (Lipinski definition) is 2. The van der Waals surface area contributed by atoms with Crippen molar-refractivity contribution in [3.63, 3.8) is 0 Å². The Bertz CT molecular complexity index is 477. The second-order valence-corrected chi connectivity index (χ2v) is 6.02. The van der Waals surface area contributed by atoms with Gasteiger partial charge in [0, 0.05) is 12.2 Å². The van der Waals surface area contributed by atoms with Gasteiger partial charge in [-0.05, 0) is 37.5 Å². The molecule has 2 N–H and O–H groups in total. The monoisotopic (exact) mass is 301 g/mol. The van der Waals surface area contributed by atoms with Gasteiger partial charge in [-0.1, -0.05) is 31.7 Å². The van der Waals surface area contributed by atoms with Crippen LogP contribution in [-0.2, 0) is 6.18 Å². The molecule has 0 spiro atoms. The molecule has 2 nitrogen and oxygen atoms in total. The lowest BCUT2D eigenvalue weighted by molar-refractivity contribution is -0.138. The van der Waals surface area contributed by atoms with Gasteiger partial charge in [0.15, 0.2) is 0 Å². The Kier molecular flexibility index (Phi) is 4.81. The fourth-order valence-electron chi connectivity index (χ4n) is 2.87. The van der Waals surface area contributed by atoms with E-state index in [-0.39, 0.29) is 5.56 Å². The summed E-state index contributed by atoms with van der Waals surface area (Å²) >= 11 is 0. The van der Waals surface area contributed by atoms with Crippen LogP contribution >= 0.6 is 0 Å². The van der Waals surface area contributed by atoms with Crippen molar-refractivity contribution in [1.82, 2.24) is 0 Å². The standard InChI is InChI=1S/C16H22F3NO/c1-12-6-7-13(10-14(12)16(17,18)19)20-11-15(21)8-4-2-3-5-9-15/h6-7,10,20-21H,2-5,8-9,11H2,1H3. The molecule has 0 radical (unpaired) electrons. The van der Waals surface area contributed by atoms with E-state index < -0.39 is 17.3 Å². The van der Waals surface area contributed by atoms with E-state index in [4.69, 9.17) is 0 Å². The third kappa shape index (κ3) is 4.37. The van der Waals surface area contributed by atoms with E-state index in [1.807, 2.05) is 0 Å². The van der Waals surface area contributed by atoms with Gasteiger partial charge in [0.1, 0.15) is 0 Å². The maximum atomic E-state index is 12.9. The lowest BCUT2D eigenvalue weighted by atomic mass is 9.94. The Hall–Kier alpha value is -1.23. The first kappa shape index (κ1) is 16.1. The smallest absolute Gasteiger partial charge is 0.388 e. The zero-order valence-corrected chi connectivity index (χ0v) is 12.3. The van der Waals surface area contributed by atoms with Crippen molar-refractivity contribution in [3.05, 3.63) is 29.3 Å². The number of halogens is 3. The minimum absolute atomic E-state index is 0.209. The molecule has 0 saturated heterocycles. The zero-order valence-electron chi connectivity index (χ0n) is 12.3. The lowest BCUT2D eigenvalue weighted by Gasteiger charge is -2.27. The molecular formula is C16H22F3NO. The molecule has 1 fully saturated rings. The Morgan fingerprint density at radius 1 is 1.14 bits per heavy atom. The van der Waals surface area contributed by atoms with Crippen molar-refractivity contribution >= 4 is 5.69 Å². The molecule has 1 aliphatic carbocycles. The lowest BCUT2D eigenvalue weighted by Crippen LogP contribution is -2.36. The summed E-state index contributed by atoms with van der Waals surface area (Å²) in [6, 6.07) is 4.21. The molecule has 1 saturated carbocycles. The van der Waals surface area contributed by atoms with Crippen molar-refractivity contribution in [3.8, 4) is 0 Å². The van der Waals surface area contributed by atoms with Crippen LogP contribution in [0.25, 0.3) is 0 Å². The van der Waals surface area contributed by atoms with Crippen LogP contribution in [0.15, 0.2) is 18.2 Å². The molecule has 0 aromatic heterocycles. The van der Waals surface area contributed by atoms with Gasteiger partial charge in [-0.25, -0.2) is 0 Å². The maximum Gasteiger partial charge on any atom is 0.416 e. The van der Waals surface area contributed by atoms with Crippen molar-refractivity contribution in [1.29, 1.82) is 0 Å². The van der Waals surface area contributed by atoms with Crippen LogP contribution < -0.4 is 5.32 Å². The fourth-order valence-corrected chi connectivity index (χ4v) is 2.87. The van der Waals surface area contributed by atoms with Gasteiger partial charge >= 0.3 is 6.18 Å². The van der Waals surface area contributed by atoms with Gasteiger partial charge in [-0.15, -0.1) is 0 Å². The van der Waals surface area contributed by atoms with Gasteiger partial charge in [-0.2, -0.15) is 13.2 Å². The molecule has 0 bridgehead atoms. The SMILES string of the molecule is Cc1ccc(NCC2(O)CCCCCC2)cc1C(F)(F)F. The summed E-state index contributed by atoms with van der Waals surface area (Å²) in [6.07, 6.45) is 1.24. The molecule has 1 aromatic rings. The molecule has 0 unspecified atom stereocenters. The number of aliphatic hydroxyl groups is 1. The predicted molar refractivity (Wildman–Crippen MR) is 77.3 cm³/mol. The summed E-state index contributed by atoms with van der Waals surface area (Å²) in [7, 11) is 0. The molecule has 5 heteroatoms. The van der Waals surface area contributed by atoms with E-state index in [1.165, 1.54) is 13.0 Å². The van der Waals surface area contributed by atoms with Crippen molar-refractivity contribution < 1.29 is 18.3 Å². The molecule has 0 atom stereocenters. The third-order valence-electron chi connectivity index (χ3n) is 4.20. The molecule has 2 rings (SSSR count). The van der Waals surface area contributed by atoms with Crippen LogP contribution in [0.3, 0.4) is 0 Å². The topological polar surface area (TPSA) is 32.3 Å². The third-order valence-corrected chi connectivity index (χ3v) is 4.20. The second-order valence-electron chi connectivity index (χ2n) is 6.02.